The van der Waals surface area contributed by atoms with E-state index in [4.69, 9.17) is 0 Å². The highest BCUT2D eigenvalue weighted by molar-refractivity contribution is 5.48. The summed E-state index contributed by atoms with van der Waals surface area (Å²) in [5.74, 6) is 0. The average Bonchev–Trinajstić information content (AvgIpc) is 2.17. The van der Waals surface area contributed by atoms with Crippen LogP contribution in [0.25, 0.3) is 0 Å². The number of hydrogen-bond acceptors (Lipinski definition) is 1. The third-order valence-corrected chi connectivity index (χ3v) is 3.48. The lowest BCUT2D eigenvalue weighted by Crippen LogP contribution is -2.37. The molecule has 1 heterocycles. The summed E-state index contributed by atoms with van der Waals surface area (Å²) in [6.07, 6.45) is 2.61. The molecule has 1 saturated heterocycles. The van der Waals surface area contributed by atoms with Crippen molar-refractivity contribution in [2.24, 2.45) is 5.41 Å². The molecule has 1 nitrogen and oxygen atoms in total. The zero-order valence-electron chi connectivity index (χ0n) is 10.1. The van der Waals surface area contributed by atoms with Gasteiger partial charge in [0.1, 0.15) is 0 Å². The fourth-order valence-electron chi connectivity index (χ4n) is 2.19. The van der Waals surface area contributed by atoms with Crippen molar-refractivity contribution in [1.82, 2.24) is 0 Å². The van der Waals surface area contributed by atoms with Gasteiger partial charge in [-0.3, -0.25) is 0 Å². The zero-order valence-corrected chi connectivity index (χ0v) is 10.1. The second-order valence-corrected chi connectivity index (χ2v) is 5.49. The zero-order chi connectivity index (χ0) is 10.9. The van der Waals surface area contributed by atoms with E-state index in [1.807, 2.05) is 0 Å². The molecule has 1 heteroatoms. The maximum Gasteiger partial charge on any atom is 0.0368 e. The van der Waals surface area contributed by atoms with Crippen LogP contribution in [0.4, 0.5) is 5.69 Å². The van der Waals surface area contributed by atoms with E-state index in [1.54, 1.807) is 0 Å². The molecule has 1 aromatic carbocycles. The minimum Gasteiger partial charge on any atom is -0.371 e. The largest absolute Gasteiger partial charge is 0.371 e. The second-order valence-electron chi connectivity index (χ2n) is 5.49. The monoisotopic (exact) mass is 203 g/mol. The first-order valence-corrected chi connectivity index (χ1v) is 5.88. The minimum absolute atomic E-state index is 0.542. The van der Waals surface area contributed by atoms with Crippen molar-refractivity contribution in [3.05, 3.63) is 29.8 Å². The molecular weight excluding hydrogens is 182 g/mol. The highest BCUT2D eigenvalue weighted by Crippen LogP contribution is 2.32. The first kappa shape index (κ1) is 10.5. The number of nitrogens with zero attached hydrogens (tertiary/aromatic N) is 1. The molecule has 0 aliphatic carbocycles. The van der Waals surface area contributed by atoms with E-state index >= 15 is 0 Å². The Bertz CT molecular complexity index is 331. The molecule has 2 rings (SSSR count). The molecule has 15 heavy (non-hydrogen) atoms. The molecule has 1 aliphatic rings. The molecule has 0 saturated carbocycles. The van der Waals surface area contributed by atoms with E-state index in [2.05, 4.69) is 49.9 Å². The summed E-state index contributed by atoms with van der Waals surface area (Å²) >= 11 is 0. The van der Waals surface area contributed by atoms with Gasteiger partial charge in [0.25, 0.3) is 0 Å². The van der Waals surface area contributed by atoms with E-state index in [0.717, 1.165) is 0 Å². The first-order chi connectivity index (χ1) is 7.07. The van der Waals surface area contributed by atoms with Crippen LogP contribution in [-0.4, -0.2) is 13.1 Å². The quantitative estimate of drug-likeness (QED) is 0.674. The molecule has 0 N–H and O–H groups in total. The Labute approximate surface area is 93.1 Å². The van der Waals surface area contributed by atoms with Gasteiger partial charge >= 0.3 is 0 Å². The van der Waals surface area contributed by atoms with Gasteiger partial charge in [-0.25, -0.2) is 0 Å². The van der Waals surface area contributed by atoms with Gasteiger partial charge in [-0.1, -0.05) is 26.0 Å². The van der Waals surface area contributed by atoms with Crippen LogP contribution in [-0.2, 0) is 0 Å². The number of aryl methyl sites for hydroxylation is 1. The lowest BCUT2D eigenvalue weighted by atomic mass is 9.82. The van der Waals surface area contributed by atoms with Crippen LogP contribution < -0.4 is 4.90 Å². The maximum atomic E-state index is 2.51. The Morgan fingerprint density at radius 1 is 1.13 bits per heavy atom. The number of hydrogen-bond donors (Lipinski definition) is 0. The summed E-state index contributed by atoms with van der Waals surface area (Å²) < 4.78 is 0. The SMILES string of the molecule is Cc1cccc(N2CCC(C)(C)CC2)c1. The molecular formula is C14H21N. The molecule has 0 spiro atoms. The third-order valence-electron chi connectivity index (χ3n) is 3.48. The van der Waals surface area contributed by atoms with Crippen LogP contribution in [0, 0.1) is 12.3 Å². The van der Waals surface area contributed by atoms with Crippen LogP contribution in [0.5, 0.6) is 0 Å². The Kier molecular flexibility index (Phi) is 2.72. The molecule has 1 fully saturated rings. The Morgan fingerprint density at radius 2 is 1.80 bits per heavy atom. The van der Waals surface area contributed by atoms with E-state index in [1.165, 1.54) is 37.2 Å². The lowest BCUT2D eigenvalue weighted by Gasteiger charge is -2.38. The normalized spacial score (nSPS) is 20.3. The maximum absolute atomic E-state index is 2.51. The number of rotatable bonds is 1. The molecule has 0 atom stereocenters. The van der Waals surface area contributed by atoms with E-state index in [9.17, 15) is 0 Å². The van der Waals surface area contributed by atoms with Crippen molar-refractivity contribution in [1.29, 1.82) is 0 Å². The van der Waals surface area contributed by atoms with E-state index in [-0.39, 0.29) is 0 Å². The molecule has 0 amide bonds. The summed E-state index contributed by atoms with van der Waals surface area (Å²) in [5, 5.41) is 0. The molecule has 1 aliphatic heterocycles. The second kappa shape index (κ2) is 3.88. The predicted molar refractivity (Wildman–Crippen MR) is 66.4 cm³/mol. The van der Waals surface area contributed by atoms with Gasteiger partial charge in [0.05, 0.1) is 0 Å². The van der Waals surface area contributed by atoms with E-state index in [0.29, 0.717) is 5.41 Å². The summed E-state index contributed by atoms with van der Waals surface area (Å²) in [7, 11) is 0. The Hall–Kier alpha value is -0.980. The Balaban J connectivity index is 2.08. The summed E-state index contributed by atoms with van der Waals surface area (Å²) in [5.41, 5.74) is 3.29. The molecule has 1 aromatic rings. The van der Waals surface area contributed by atoms with Crippen molar-refractivity contribution in [2.45, 2.75) is 33.6 Å². The van der Waals surface area contributed by atoms with Crippen LogP contribution in [0.15, 0.2) is 24.3 Å². The average molecular weight is 203 g/mol. The van der Waals surface area contributed by atoms with Gasteiger partial charge < -0.3 is 4.90 Å². The lowest BCUT2D eigenvalue weighted by molar-refractivity contribution is 0.280. The van der Waals surface area contributed by atoms with Crippen molar-refractivity contribution < 1.29 is 0 Å². The van der Waals surface area contributed by atoms with Crippen LogP contribution in [0.1, 0.15) is 32.3 Å². The van der Waals surface area contributed by atoms with Gasteiger partial charge in [-0.15, -0.1) is 0 Å². The molecule has 0 aromatic heterocycles. The Morgan fingerprint density at radius 3 is 2.40 bits per heavy atom. The van der Waals surface area contributed by atoms with Gasteiger partial charge in [0.2, 0.25) is 0 Å². The standard InChI is InChI=1S/C14H21N/c1-12-5-4-6-13(11-12)15-9-7-14(2,3)8-10-15/h4-6,11H,7-10H2,1-3H3. The predicted octanol–water partition coefficient (Wildman–Crippen LogP) is 3.62. The molecule has 0 radical (unpaired) electrons. The van der Waals surface area contributed by atoms with Crippen LogP contribution in [0.3, 0.4) is 0 Å². The fourth-order valence-corrected chi connectivity index (χ4v) is 2.19. The molecule has 0 unspecified atom stereocenters. The summed E-state index contributed by atoms with van der Waals surface area (Å²) in [4.78, 5) is 2.51. The fraction of sp³-hybridized carbons (Fsp3) is 0.571. The van der Waals surface area contributed by atoms with Crippen LogP contribution >= 0.6 is 0 Å². The van der Waals surface area contributed by atoms with Gasteiger partial charge in [-0.2, -0.15) is 0 Å². The number of benzene rings is 1. The van der Waals surface area contributed by atoms with Gasteiger partial charge in [-0.05, 0) is 42.9 Å². The summed E-state index contributed by atoms with van der Waals surface area (Å²) in [6.45, 7) is 9.32. The van der Waals surface area contributed by atoms with Crippen molar-refractivity contribution >= 4 is 5.69 Å². The molecule has 82 valence electrons. The first-order valence-electron chi connectivity index (χ1n) is 5.88. The van der Waals surface area contributed by atoms with Crippen LogP contribution in [0.2, 0.25) is 0 Å². The van der Waals surface area contributed by atoms with Gasteiger partial charge in [0, 0.05) is 18.8 Å². The van der Waals surface area contributed by atoms with Crippen molar-refractivity contribution in [3.8, 4) is 0 Å². The third kappa shape index (κ3) is 2.53. The number of anilines is 1. The smallest absolute Gasteiger partial charge is 0.0368 e. The summed E-state index contributed by atoms with van der Waals surface area (Å²) in [6, 6.07) is 8.84. The highest BCUT2D eigenvalue weighted by atomic mass is 15.1. The van der Waals surface area contributed by atoms with E-state index < -0.39 is 0 Å². The highest BCUT2D eigenvalue weighted by Gasteiger charge is 2.25. The van der Waals surface area contributed by atoms with Gasteiger partial charge in [0.15, 0.2) is 0 Å². The number of piperidine rings is 1. The van der Waals surface area contributed by atoms with Crippen molar-refractivity contribution in [2.75, 3.05) is 18.0 Å². The minimum atomic E-state index is 0.542. The molecule has 0 bridgehead atoms. The van der Waals surface area contributed by atoms with Crippen molar-refractivity contribution in [3.63, 3.8) is 0 Å². The topological polar surface area (TPSA) is 3.24 Å².